The van der Waals surface area contributed by atoms with E-state index in [4.69, 9.17) is 5.73 Å². The summed E-state index contributed by atoms with van der Waals surface area (Å²) in [5.41, 5.74) is 9.45. The van der Waals surface area contributed by atoms with E-state index in [1.807, 2.05) is 12.1 Å². The van der Waals surface area contributed by atoms with Crippen molar-refractivity contribution >= 4 is 56.1 Å². The monoisotopic (exact) mass is 532 g/mol. The molecule has 0 aliphatic rings. The molecule has 0 atom stereocenters. The molecule has 0 aliphatic carbocycles. The maximum Gasteiger partial charge on any atom is 0.257 e. The smallest absolute Gasteiger partial charge is 0.257 e. The number of amides is 1. The molecule has 0 bridgehead atoms. The number of fused-ring (bicyclic) bond motifs is 2. The van der Waals surface area contributed by atoms with Crippen molar-refractivity contribution in [2.24, 2.45) is 5.10 Å². The molecule has 5 rings (SSSR count). The van der Waals surface area contributed by atoms with Gasteiger partial charge >= 0.3 is 0 Å². The Balaban J connectivity index is 1.60. The molecule has 0 unspecified atom stereocenters. The van der Waals surface area contributed by atoms with Crippen LogP contribution in [0.5, 0.6) is 5.75 Å². The minimum atomic E-state index is -0.472. The van der Waals surface area contributed by atoms with Crippen LogP contribution in [0.3, 0.4) is 0 Å². The summed E-state index contributed by atoms with van der Waals surface area (Å²) in [6, 6.07) is 18.0. The average molecular weight is 533 g/mol. The van der Waals surface area contributed by atoms with Crippen molar-refractivity contribution in [2.45, 2.75) is 6.54 Å². The van der Waals surface area contributed by atoms with Crippen LogP contribution in [0.15, 0.2) is 76.3 Å². The number of nitrogen functional groups attached to an aromatic ring is 1. The number of carbonyl (C=O) groups is 1. The van der Waals surface area contributed by atoms with Gasteiger partial charge in [-0.2, -0.15) is 9.78 Å². The molecule has 0 aliphatic heterocycles. The van der Waals surface area contributed by atoms with Crippen LogP contribution in [-0.4, -0.2) is 31.9 Å². The van der Waals surface area contributed by atoms with Crippen LogP contribution in [0.4, 0.5) is 10.2 Å². The van der Waals surface area contributed by atoms with Gasteiger partial charge in [-0.1, -0.05) is 40.2 Å². The van der Waals surface area contributed by atoms with Gasteiger partial charge in [0.15, 0.2) is 5.65 Å². The number of aromatic hydroxyl groups is 1. The van der Waals surface area contributed by atoms with Gasteiger partial charge in [0.2, 0.25) is 0 Å². The Morgan fingerprint density at radius 2 is 1.83 bits per heavy atom. The van der Waals surface area contributed by atoms with Crippen molar-refractivity contribution in [3.05, 3.63) is 93.7 Å². The van der Waals surface area contributed by atoms with Gasteiger partial charge in [-0.3, -0.25) is 4.79 Å². The molecule has 2 heterocycles. The lowest BCUT2D eigenvalue weighted by Gasteiger charge is -2.06. The zero-order chi connectivity index (χ0) is 24.5. The zero-order valence-corrected chi connectivity index (χ0v) is 19.7. The molecule has 5 aromatic rings. The number of hydrogen-bond donors (Lipinski definition) is 3. The lowest BCUT2D eigenvalue weighted by molar-refractivity contribution is 0.0953. The molecule has 35 heavy (non-hydrogen) atoms. The van der Waals surface area contributed by atoms with Gasteiger partial charge in [0, 0.05) is 16.6 Å². The van der Waals surface area contributed by atoms with Gasteiger partial charge in [-0.25, -0.2) is 14.4 Å². The third-order valence-electron chi connectivity index (χ3n) is 5.37. The Morgan fingerprint density at radius 3 is 2.57 bits per heavy atom. The minimum Gasteiger partial charge on any atom is -0.507 e. The Labute approximate surface area is 207 Å². The number of anilines is 1. The van der Waals surface area contributed by atoms with E-state index >= 15 is 0 Å². The Kier molecular flexibility index (Phi) is 5.87. The van der Waals surface area contributed by atoms with Gasteiger partial charge in [0.1, 0.15) is 28.5 Å². The minimum absolute atomic E-state index is 0.0285. The van der Waals surface area contributed by atoms with Crippen molar-refractivity contribution in [1.29, 1.82) is 0 Å². The second-order valence-electron chi connectivity index (χ2n) is 7.71. The molecule has 8 nitrogen and oxygen atoms in total. The molecule has 1 amide bonds. The van der Waals surface area contributed by atoms with Crippen molar-refractivity contribution in [3.8, 4) is 5.75 Å². The number of nitrogens with zero attached hydrogens (tertiary/aromatic N) is 4. The number of aromatic nitrogens is 3. The third kappa shape index (κ3) is 4.43. The van der Waals surface area contributed by atoms with E-state index in [0.29, 0.717) is 22.2 Å². The van der Waals surface area contributed by atoms with Crippen molar-refractivity contribution in [1.82, 2.24) is 20.0 Å². The molecule has 10 heteroatoms. The average Bonchev–Trinajstić information content (AvgIpc) is 3.12. The first-order valence-electron chi connectivity index (χ1n) is 10.5. The number of rotatable bonds is 5. The van der Waals surface area contributed by atoms with Crippen LogP contribution in [0.25, 0.3) is 22.2 Å². The second-order valence-corrected chi connectivity index (χ2v) is 8.63. The summed E-state index contributed by atoms with van der Waals surface area (Å²) in [7, 11) is 0. The molecule has 4 N–H and O–H groups in total. The topological polar surface area (TPSA) is 118 Å². The van der Waals surface area contributed by atoms with Crippen LogP contribution in [0, 0.1) is 5.82 Å². The molecule has 174 valence electrons. The van der Waals surface area contributed by atoms with Gasteiger partial charge in [0.25, 0.3) is 5.91 Å². The molecular formula is C25H18BrFN6O2. The first kappa shape index (κ1) is 22.5. The summed E-state index contributed by atoms with van der Waals surface area (Å²) >= 11 is 3.37. The number of benzene rings is 3. The maximum absolute atomic E-state index is 13.2. The standard InChI is InChI=1S/C25H18BrFN6O2/c26-16-7-10-20(34)15(11-16)13-30-33-23(28)21(25(35)29-12-14-5-8-17(27)9-6-14)22-24(33)32-19-4-2-1-3-18(19)31-22/h1-11,13,34H,12,28H2,(H,29,35). The molecule has 0 spiro atoms. The Bertz CT molecular complexity index is 1610. The number of nitrogens with one attached hydrogen (secondary N) is 1. The number of carbonyl (C=O) groups excluding carboxylic acids is 1. The fraction of sp³-hybridized carbons (Fsp3) is 0.0400. The molecule has 0 saturated heterocycles. The number of halogens is 2. The SMILES string of the molecule is Nc1c(C(=O)NCc2ccc(F)cc2)c2nc3ccccc3nc2n1N=Cc1cc(Br)ccc1O. The first-order valence-corrected chi connectivity index (χ1v) is 11.3. The highest BCUT2D eigenvalue weighted by molar-refractivity contribution is 9.10. The lowest BCUT2D eigenvalue weighted by Crippen LogP contribution is -2.23. The summed E-state index contributed by atoms with van der Waals surface area (Å²) in [6.07, 6.45) is 1.42. The number of hydrogen-bond acceptors (Lipinski definition) is 6. The Hall–Kier alpha value is -4.31. The van der Waals surface area contributed by atoms with E-state index in [1.54, 1.807) is 36.4 Å². The molecule has 0 radical (unpaired) electrons. The van der Waals surface area contributed by atoms with E-state index in [2.05, 4.69) is 36.3 Å². The van der Waals surface area contributed by atoms with Crippen LogP contribution < -0.4 is 11.1 Å². The van der Waals surface area contributed by atoms with Crippen LogP contribution >= 0.6 is 15.9 Å². The quantitative estimate of drug-likeness (QED) is 0.286. The highest BCUT2D eigenvalue weighted by Gasteiger charge is 2.24. The normalized spacial score (nSPS) is 11.5. The van der Waals surface area contributed by atoms with E-state index < -0.39 is 5.91 Å². The summed E-state index contributed by atoms with van der Waals surface area (Å²) in [5.74, 6) is -0.761. The van der Waals surface area contributed by atoms with E-state index in [-0.39, 0.29) is 35.0 Å². The third-order valence-corrected chi connectivity index (χ3v) is 5.86. The summed E-state index contributed by atoms with van der Waals surface area (Å²) in [5, 5.41) is 17.4. The molecule has 2 aromatic heterocycles. The summed E-state index contributed by atoms with van der Waals surface area (Å²) in [4.78, 5) is 22.5. The van der Waals surface area contributed by atoms with Gasteiger partial charge in [-0.05, 0) is 48.0 Å². The van der Waals surface area contributed by atoms with Crippen molar-refractivity contribution in [3.63, 3.8) is 0 Å². The number of phenols is 1. The highest BCUT2D eigenvalue weighted by atomic mass is 79.9. The lowest BCUT2D eigenvalue weighted by atomic mass is 10.2. The molecule has 0 saturated carbocycles. The first-order chi connectivity index (χ1) is 16.9. The highest BCUT2D eigenvalue weighted by Crippen LogP contribution is 2.28. The van der Waals surface area contributed by atoms with Gasteiger partial charge in [-0.15, -0.1) is 0 Å². The number of nitrogens with two attached hydrogens (primary N) is 1. The zero-order valence-electron chi connectivity index (χ0n) is 18.1. The fourth-order valence-electron chi connectivity index (χ4n) is 3.61. The predicted molar refractivity (Wildman–Crippen MR) is 136 cm³/mol. The maximum atomic E-state index is 13.2. The largest absolute Gasteiger partial charge is 0.507 e. The fourth-order valence-corrected chi connectivity index (χ4v) is 3.99. The summed E-state index contributed by atoms with van der Waals surface area (Å²) < 4.78 is 15.3. The van der Waals surface area contributed by atoms with Crippen LogP contribution in [0.2, 0.25) is 0 Å². The molecule has 0 fully saturated rings. The predicted octanol–water partition coefficient (Wildman–Crippen LogP) is 4.59. The summed E-state index contributed by atoms with van der Waals surface area (Å²) in [6.45, 7) is 0.168. The van der Waals surface area contributed by atoms with Crippen LogP contribution in [-0.2, 0) is 6.54 Å². The second kappa shape index (κ2) is 9.15. The van der Waals surface area contributed by atoms with E-state index in [9.17, 15) is 14.3 Å². The Morgan fingerprint density at radius 1 is 1.11 bits per heavy atom. The van der Waals surface area contributed by atoms with Crippen molar-refractivity contribution in [2.75, 3.05) is 5.73 Å². The van der Waals surface area contributed by atoms with E-state index in [1.165, 1.54) is 29.1 Å². The molecular weight excluding hydrogens is 515 g/mol. The number of phenolic OH excluding ortho intramolecular Hbond substituents is 1. The molecule has 3 aromatic carbocycles. The van der Waals surface area contributed by atoms with Crippen LogP contribution in [0.1, 0.15) is 21.5 Å². The number of para-hydroxylation sites is 2. The van der Waals surface area contributed by atoms with E-state index in [0.717, 1.165) is 10.0 Å². The van der Waals surface area contributed by atoms with Gasteiger partial charge in [0.05, 0.1) is 17.2 Å². The van der Waals surface area contributed by atoms with Gasteiger partial charge < -0.3 is 16.2 Å². The van der Waals surface area contributed by atoms with Crippen molar-refractivity contribution < 1.29 is 14.3 Å².